The number of carbonyl (C=O) groups excluding carboxylic acids is 2. The molecule has 0 bridgehead atoms. The van der Waals surface area contributed by atoms with Crippen molar-refractivity contribution in [2.45, 2.75) is 23.2 Å². The number of carbonyl (C=O) groups is 2. The molecule has 0 aromatic heterocycles. The van der Waals surface area contributed by atoms with Gasteiger partial charge in [-0.15, -0.1) is 24.2 Å². The van der Waals surface area contributed by atoms with E-state index in [0.717, 1.165) is 10.5 Å². The predicted molar refractivity (Wildman–Crippen MR) is 127 cm³/mol. The SMILES string of the molecule is COc1ccc(C2Sc3cccc(Cl)c3N(CCN(C)C)C(=O)C2OC(C)=O)cc1.Cl. The van der Waals surface area contributed by atoms with E-state index in [1.807, 2.05) is 55.4 Å². The zero-order valence-corrected chi connectivity index (χ0v) is 20.2. The number of likely N-dealkylation sites (N-methyl/N-ethyl adjacent to an activating group) is 1. The summed E-state index contributed by atoms with van der Waals surface area (Å²) in [4.78, 5) is 30.0. The largest absolute Gasteiger partial charge is 0.497 e. The summed E-state index contributed by atoms with van der Waals surface area (Å²) >= 11 is 8.00. The van der Waals surface area contributed by atoms with Crippen molar-refractivity contribution in [3.63, 3.8) is 0 Å². The number of amides is 1. The molecule has 0 aliphatic carbocycles. The van der Waals surface area contributed by atoms with E-state index < -0.39 is 17.3 Å². The van der Waals surface area contributed by atoms with Crippen LogP contribution in [0.3, 0.4) is 0 Å². The van der Waals surface area contributed by atoms with Gasteiger partial charge in [-0.2, -0.15) is 0 Å². The topological polar surface area (TPSA) is 59.1 Å². The van der Waals surface area contributed by atoms with Crippen molar-refractivity contribution in [2.75, 3.05) is 39.2 Å². The number of hydrogen-bond acceptors (Lipinski definition) is 6. The Morgan fingerprint density at radius 1 is 1.19 bits per heavy atom. The molecule has 0 saturated carbocycles. The van der Waals surface area contributed by atoms with Gasteiger partial charge in [0.1, 0.15) is 5.75 Å². The van der Waals surface area contributed by atoms with Crippen LogP contribution in [0, 0.1) is 0 Å². The van der Waals surface area contributed by atoms with Gasteiger partial charge in [-0.25, -0.2) is 0 Å². The third-order valence-electron chi connectivity index (χ3n) is 4.77. The molecule has 2 atom stereocenters. The van der Waals surface area contributed by atoms with Crippen LogP contribution in [-0.4, -0.2) is 57.2 Å². The average Bonchev–Trinajstić information content (AvgIpc) is 2.82. The maximum Gasteiger partial charge on any atom is 0.303 e. The van der Waals surface area contributed by atoms with Crippen molar-refractivity contribution in [2.24, 2.45) is 0 Å². The minimum absolute atomic E-state index is 0. The number of methoxy groups -OCH3 is 1. The van der Waals surface area contributed by atoms with E-state index in [1.54, 1.807) is 18.1 Å². The van der Waals surface area contributed by atoms with Crippen LogP contribution in [0.2, 0.25) is 5.02 Å². The van der Waals surface area contributed by atoms with Gasteiger partial charge in [-0.05, 0) is 43.9 Å². The van der Waals surface area contributed by atoms with Gasteiger partial charge in [-0.1, -0.05) is 29.8 Å². The van der Waals surface area contributed by atoms with Gasteiger partial charge in [0.25, 0.3) is 5.91 Å². The van der Waals surface area contributed by atoms with Gasteiger partial charge in [0.2, 0.25) is 0 Å². The Labute approximate surface area is 198 Å². The van der Waals surface area contributed by atoms with Crippen molar-refractivity contribution in [3.8, 4) is 5.75 Å². The fraction of sp³-hybridized carbons (Fsp3) is 0.364. The molecule has 168 valence electrons. The Bertz CT molecular complexity index is 924. The molecule has 2 aromatic rings. The molecule has 1 heterocycles. The van der Waals surface area contributed by atoms with Crippen molar-refractivity contribution in [1.82, 2.24) is 4.90 Å². The number of thioether (sulfide) groups is 1. The number of rotatable bonds is 6. The quantitative estimate of drug-likeness (QED) is 0.564. The smallest absolute Gasteiger partial charge is 0.303 e. The van der Waals surface area contributed by atoms with E-state index in [4.69, 9.17) is 21.1 Å². The summed E-state index contributed by atoms with van der Waals surface area (Å²) in [6.45, 7) is 2.38. The van der Waals surface area contributed by atoms with E-state index >= 15 is 0 Å². The number of benzene rings is 2. The first-order valence-electron chi connectivity index (χ1n) is 9.54. The van der Waals surface area contributed by atoms with Crippen LogP contribution in [-0.2, 0) is 14.3 Å². The summed E-state index contributed by atoms with van der Waals surface area (Å²) in [5.41, 5.74) is 1.52. The third kappa shape index (κ3) is 5.86. The van der Waals surface area contributed by atoms with E-state index in [9.17, 15) is 9.59 Å². The fourth-order valence-corrected chi connectivity index (χ4v) is 4.98. The molecule has 0 saturated heterocycles. The maximum atomic E-state index is 13.6. The number of fused-ring (bicyclic) bond motifs is 1. The number of hydrogen-bond donors (Lipinski definition) is 0. The van der Waals surface area contributed by atoms with Crippen molar-refractivity contribution in [3.05, 3.63) is 53.1 Å². The minimum atomic E-state index is -0.980. The van der Waals surface area contributed by atoms with E-state index in [-0.39, 0.29) is 18.3 Å². The first-order valence-corrected chi connectivity index (χ1v) is 10.8. The van der Waals surface area contributed by atoms with Gasteiger partial charge >= 0.3 is 5.97 Å². The van der Waals surface area contributed by atoms with Crippen molar-refractivity contribution < 1.29 is 19.1 Å². The highest BCUT2D eigenvalue weighted by Gasteiger charge is 2.41. The minimum Gasteiger partial charge on any atom is -0.497 e. The number of para-hydroxylation sites is 1. The zero-order chi connectivity index (χ0) is 21.8. The summed E-state index contributed by atoms with van der Waals surface area (Å²) in [6.07, 6.45) is -0.980. The molecule has 1 aliphatic rings. The Hall–Kier alpha value is -1.93. The molecule has 1 amide bonds. The molecule has 2 unspecified atom stereocenters. The second-order valence-corrected chi connectivity index (χ2v) is 8.81. The molecule has 3 rings (SSSR count). The Kier molecular flexibility index (Phi) is 9.06. The second kappa shape index (κ2) is 11.1. The van der Waals surface area contributed by atoms with Crippen LogP contribution >= 0.6 is 35.8 Å². The zero-order valence-electron chi connectivity index (χ0n) is 17.8. The lowest BCUT2D eigenvalue weighted by molar-refractivity contribution is -0.152. The predicted octanol–water partition coefficient (Wildman–Crippen LogP) is 4.44. The number of nitrogens with zero attached hydrogens (tertiary/aromatic N) is 2. The molecule has 2 aromatic carbocycles. The number of halogens is 2. The molecule has 9 heteroatoms. The Morgan fingerprint density at radius 2 is 1.87 bits per heavy atom. The van der Waals surface area contributed by atoms with Crippen LogP contribution in [0.4, 0.5) is 5.69 Å². The highest BCUT2D eigenvalue weighted by Crippen LogP contribution is 2.49. The maximum absolute atomic E-state index is 13.6. The lowest BCUT2D eigenvalue weighted by atomic mass is 10.1. The average molecular weight is 485 g/mol. The summed E-state index contributed by atoms with van der Waals surface area (Å²) in [7, 11) is 5.48. The van der Waals surface area contributed by atoms with Crippen LogP contribution in [0.5, 0.6) is 5.75 Å². The number of anilines is 1. The van der Waals surface area contributed by atoms with Gasteiger partial charge < -0.3 is 19.3 Å². The van der Waals surface area contributed by atoms with Gasteiger partial charge in [0.15, 0.2) is 6.10 Å². The first-order chi connectivity index (χ1) is 14.3. The summed E-state index contributed by atoms with van der Waals surface area (Å²) < 4.78 is 10.8. The van der Waals surface area contributed by atoms with Crippen LogP contribution in [0.1, 0.15) is 17.7 Å². The molecule has 0 fully saturated rings. The Balaban J connectivity index is 0.00000341. The fourth-order valence-electron chi connectivity index (χ4n) is 3.29. The standard InChI is InChI=1S/C22H25ClN2O4S.ClH/c1-14(26)29-20-21(15-8-10-16(28-4)11-9-15)30-18-7-5-6-17(23)19(18)25(22(20)27)13-12-24(2)3;/h5-11,20-21H,12-13H2,1-4H3;1H. The molecule has 31 heavy (non-hydrogen) atoms. The van der Waals surface area contributed by atoms with Gasteiger partial charge in [0, 0.05) is 24.9 Å². The van der Waals surface area contributed by atoms with Crippen molar-refractivity contribution in [1.29, 1.82) is 0 Å². The van der Waals surface area contributed by atoms with Crippen molar-refractivity contribution >= 4 is 53.3 Å². The summed E-state index contributed by atoms with van der Waals surface area (Å²) in [5.74, 6) is -0.0759. The molecular weight excluding hydrogens is 459 g/mol. The van der Waals surface area contributed by atoms with E-state index in [2.05, 4.69) is 0 Å². The number of esters is 1. The molecule has 0 N–H and O–H groups in total. The summed E-state index contributed by atoms with van der Waals surface area (Å²) in [5, 5.41) is 0.0675. The van der Waals surface area contributed by atoms with Crippen LogP contribution in [0.25, 0.3) is 0 Å². The molecular formula is C22H26Cl2N2O4S. The van der Waals surface area contributed by atoms with Crippen LogP contribution in [0.15, 0.2) is 47.4 Å². The van der Waals surface area contributed by atoms with Gasteiger partial charge in [0.05, 0.1) is 23.1 Å². The van der Waals surface area contributed by atoms with E-state index in [0.29, 0.717) is 29.5 Å². The molecule has 1 aliphatic heterocycles. The van der Waals surface area contributed by atoms with Gasteiger partial charge in [-0.3, -0.25) is 9.59 Å². The normalized spacial score (nSPS) is 18.1. The monoisotopic (exact) mass is 484 g/mol. The summed E-state index contributed by atoms with van der Waals surface area (Å²) in [6, 6.07) is 13.0. The first kappa shape index (κ1) is 25.3. The van der Waals surface area contributed by atoms with E-state index in [1.165, 1.54) is 18.7 Å². The van der Waals surface area contributed by atoms with Crippen LogP contribution < -0.4 is 9.64 Å². The second-order valence-electron chi connectivity index (χ2n) is 7.22. The molecule has 0 radical (unpaired) electrons. The Morgan fingerprint density at radius 3 is 2.45 bits per heavy atom. The number of ether oxygens (including phenoxy) is 2. The lowest BCUT2D eigenvalue weighted by Gasteiger charge is -2.28. The third-order valence-corrected chi connectivity index (χ3v) is 6.43. The molecule has 6 nitrogen and oxygen atoms in total. The highest BCUT2D eigenvalue weighted by molar-refractivity contribution is 7.99. The molecule has 0 spiro atoms. The lowest BCUT2D eigenvalue weighted by Crippen LogP contribution is -2.45. The highest BCUT2D eigenvalue weighted by atomic mass is 35.5.